The van der Waals surface area contributed by atoms with Gasteiger partial charge in [-0.25, -0.2) is 0 Å². The summed E-state index contributed by atoms with van der Waals surface area (Å²) in [5, 5.41) is 4.05. The van der Waals surface area contributed by atoms with E-state index in [-0.39, 0.29) is 5.91 Å². The van der Waals surface area contributed by atoms with Crippen LogP contribution in [-0.4, -0.2) is 44.0 Å². The van der Waals surface area contributed by atoms with E-state index in [0.717, 1.165) is 37.9 Å². The first-order valence-corrected chi connectivity index (χ1v) is 8.73. The lowest BCUT2D eigenvalue weighted by Gasteiger charge is -2.15. The minimum Gasteiger partial charge on any atom is -0.337 e. The number of aromatic nitrogens is 4. The van der Waals surface area contributed by atoms with Crippen LogP contribution in [0.2, 0.25) is 0 Å². The zero-order chi connectivity index (χ0) is 17.8. The lowest BCUT2D eigenvalue weighted by molar-refractivity contribution is 0.0781. The van der Waals surface area contributed by atoms with Gasteiger partial charge in [-0.05, 0) is 43.0 Å². The fraction of sp³-hybridized carbons (Fsp3) is 0.316. The van der Waals surface area contributed by atoms with Crippen LogP contribution in [0.4, 0.5) is 0 Å². The standard InChI is InChI=1S/C19H19N5O2/c25-19(16-5-1-2-10-21-16)24-11-8-14(13-24)6-7-17-22-18(26-23-17)15-4-3-9-20-12-15/h1-5,9-10,12,14H,6-8,11,13H2. The Hall–Kier alpha value is -3.09. The zero-order valence-electron chi connectivity index (χ0n) is 14.3. The van der Waals surface area contributed by atoms with E-state index in [1.807, 2.05) is 29.2 Å². The van der Waals surface area contributed by atoms with E-state index in [4.69, 9.17) is 4.52 Å². The van der Waals surface area contributed by atoms with Gasteiger partial charge in [-0.3, -0.25) is 14.8 Å². The lowest BCUT2D eigenvalue weighted by atomic mass is 10.0. The molecule has 0 bridgehead atoms. The molecule has 1 amide bonds. The molecule has 7 nitrogen and oxygen atoms in total. The molecule has 132 valence electrons. The Balaban J connectivity index is 1.31. The largest absolute Gasteiger partial charge is 0.337 e. The number of pyridine rings is 2. The molecule has 0 radical (unpaired) electrons. The highest BCUT2D eigenvalue weighted by molar-refractivity contribution is 5.92. The zero-order valence-corrected chi connectivity index (χ0v) is 14.3. The number of nitrogens with zero attached hydrogens (tertiary/aromatic N) is 5. The minimum absolute atomic E-state index is 0.00604. The van der Waals surface area contributed by atoms with Crippen molar-refractivity contribution >= 4 is 5.91 Å². The van der Waals surface area contributed by atoms with E-state index < -0.39 is 0 Å². The second-order valence-corrected chi connectivity index (χ2v) is 6.42. The van der Waals surface area contributed by atoms with Crippen LogP contribution in [0.5, 0.6) is 0 Å². The number of hydrogen-bond acceptors (Lipinski definition) is 6. The summed E-state index contributed by atoms with van der Waals surface area (Å²) in [6.07, 6.45) is 7.72. The summed E-state index contributed by atoms with van der Waals surface area (Å²) in [5.41, 5.74) is 1.33. The third-order valence-electron chi connectivity index (χ3n) is 4.61. The van der Waals surface area contributed by atoms with Gasteiger partial charge in [-0.1, -0.05) is 11.2 Å². The van der Waals surface area contributed by atoms with Gasteiger partial charge in [0.15, 0.2) is 5.82 Å². The Labute approximate surface area is 151 Å². The molecule has 0 aliphatic carbocycles. The molecule has 1 aliphatic heterocycles. The molecular weight excluding hydrogens is 330 g/mol. The van der Waals surface area contributed by atoms with Gasteiger partial charge in [0, 0.05) is 38.1 Å². The Morgan fingerprint density at radius 1 is 1.23 bits per heavy atom. The molecule has 1 aliphatic rings. The highest BCUT2D eigenvalue weighted by atomic mass is 16.5. The molecule has 3 aromatic rings. The molecule has 0 saturated carbocycles. The van der Waals surface area contributed by atoms with Crippen LogP contribution in [0.25, 0.3) is 11.5 Å². The summed E-state index contributed by atoms with van der Waals surface area (Å²) in [7, 11) is 0. The van der Waals surface area contributed by atoms with E-state index >= 15 is 0 Å². The van der Waals surface area contributed by atoms with Gasteiger partial charge in [0.25, 0.3) is 11.8 Å². The quantitative estimate of drug-likeness (QED) is 0.704. The molecule has 26 heavy (non-hydrogen) atoms. The number of carbonyl (C=O) groups excluding carboxylic acids is 1. The van der Waals surface area contributed by atoms with Crippen molar-refractivity contribution in [1.82, 2.24) is 25.0 Å². The van der Waals surface area contributed by atoms with Crippen molar-refractivity contribution in [3.8, 4) is 11.5 Å². The van der Waals surface area contributed by atoms with Crippen molar-refractivity contribution < 1.29 is 9.32 Å². The van der Waals surface area contributed by atoms with Crippen molar-refractivity contribution in [3.63, 3.8) is 0 Å². The van der Waals surface area contributed by atoms with Crippen LogP contribution in [0.1, 0.15) is 29.2 Å². The van der Waals surface area contributed by atoms with E-state index in [9.17, 15) is 4.79 Å². The second kappa shape index (κ2) is 7.43. The Kier molecular flexibility index (Phi) is 4.68. The van der Waals surface area contributed by atoms with Crippen molar-refractivity contribution in [3.05, 3.63) is 60.4 Å². The average Bonchev–Trinajstić information content (AvgIpc) is 3.37. The topological polar surface area (TPSA) is 85.0 Å². The summed E-state index contributed by atoms with van der Waals surface area (Å²) in [6.45, 7) is 1.52. The molecular formula is C19H19N5O2. The summed E-state index contributed by atoms with van der Waals surface area (Å²) in [6, 6.07) is 9.14. The van der Waals surface area contributed by atoms with Crippen LogP contribution in [0.15, 0.2) is 53.4 Å². The van der Waals surface area contributed by atoms with Gasteiger partial charge in [0.1, 0.15) is 5.69 Å². The first kappa shape index (κ1) is 16.4. The molecule has 1 saturated heterocycles. The summed E-state index contributed by atoms with van der Waals surface area (Å²) in [4.78, 5) is 27.0. The number of likely N-dealkylation sites (tertiary alicyclic amines) is 1. The third kappa shape index (κ3) is 3.61. The molecule has 1 unspecified atom stereocenters. The molecule has 3 aromatic heterocycles. The molecule has 1 atom stereocenters. The maximum absolute atomic E-state index is 12.4. The van der Waals surface area contributed by atoms with Crippen LogP contribution in [0.3, 0.4) is 0 Å². The predicted molar refractivity (Wildman–Crippen MR) is 94.1 cm³/mol. The van der Waals surface area contributed by atoms with Crippen molar-refractivity contribution in [2.75, 3.05) is 13.1 Å². The SMILES string of the molecule is O=C(c1ccccn1)N1CCC(CCc2noc(-c3cccnc3)n2)C1. The Bertz CT molecular complexity index is 866. The highest BCUT2D eigenvalue weighted by Crippen LogP contribution is 2.23. The first-order chi connectivity index (χ1) is 12.8. The molecule has 0 N–H and O–H groups in total. The van der Waals surface area contributed by atoms with Crippen molar-refractivity contribution in [1.29, 1.82) is 0 Å². The third-order valence-corrected chi connectivity index (χ3v) is 4.61. The van der Waals surface area contributed by atoms with Crippen LogP contribution >= 0.6 is 0 Å². The maximum Gasteiger partial charge on any atom is 0.272 e. The van der Waals surface area contributed by atoms with Gasteiger partial charge in [-0.15, -0.1) is 0 Å². The van der Waals surface area contributed by atoms with Crippen molar-refractivity contribution in [2.24, 2.45) is 5.92 Å². The van der Waals surface area contributed by atoms with Gasteiger partial charge in [0.05, 0.1) is 5.56 Å². The number of carbonyl (C=O) groups is 1. The Morgan fingerprint density at radius 3 is 3.00 bits per heavy atom. The average molecular weight is 349 g/mol. The fourth-order valence-electron chi connectivity index (χ4n) is 3.20. The minimum atomic E-state index is 0.00604. The molecule has 7 heteroatoms. The summed E-state index contributed by atoms with van der Waals surface area (Å²) < 4.78 is 5.31. The molecule has 0 spiro atoms. The van der Waals surface area contributed by atoms with E-state index in [1.54, 1.807) is 24.7 Å². The smallest absolute Gasteiger partial charge is 0.272 e. The monoisotopic (exact) mass is 349 g/mol. The van der Waals surface area contributed by atoms with E-state index in [2.05, 4.69) is 20.1 Å². The number of hydrogen-bond donors (Lipinski definition) is 0. The molecule has 4 rings (SSSR count). The van der Waals surface area contributed by atoms with Gasteiger partial charge < -0.3 is 9.42 Å². The van der Waals surface area contributed by atoms with E-state index in [1.165, 1.54) is 0 Å². The molecule has 0 aromatic carbocycles. The first-order valence-electron chi connectivity index (χ1n) is 8.73. The second-order valence-electron chi connectivity index (χ2n) is 6.42. The fourth-order valence-corrected chi connectivity index (χ4v) is 3.20. The van der Waals surface area contributed by atoms with Crippen molar-refractivity contribution in [2.45, 2.75) is 19.3 Å². The van der Waals surface area contributed by atoms with Gasteiger partial charge in [-0.2, -0.15) is 4.98 Å². The van der Waals surface area contributed by atoms with E-state index in [0.29, 0.717) is 23.3 Å². The summed E-state index contributed by atoms with van der Waals surface area (Å²) >= 11 is 0. The highest BCUT2D eigenvalue weighted by Gasteiger charge is 2.27. The number of rotatable bonds is 5. The maximum atomic E-state index is 12.4. The summed E-state index contributed by atoms with van der Waals surface area (Å²) in [5.74, 6) is 1.64. The number of amides is 1. The normalized spacial score (nSPS) is 16.8. The molecule has 4 heterocycles. The molecule has 1 fully saturated rings. The van der Waals surface area contributed by atoms with Gasteiger partial charge >= 0.3 is 0 Å². The van der Waals surface area contributed by atoms with Gasteiger partial charge in [0.2, 0.25) is 0 Å². The number of aryl methyl sites for hydroxylation is 1. The van der Waals surface area contributed by atoms with Crippen LogP contribution < -0.4 is 0 Å². The Morgan fingerprint density at radius 2 is 2.19 bits per heavy atom. The van der Waals surface area contributed by atoms with Crippen LogP contribution in [0, 0.1) is 5.92 Å². The lowest BCUT2D eigenvalue weighted by Crippen LogP contribution is -2.29. The predicted octanol–water partition coefficient (Wildman–Crippen LogP) is 2.62. The van der Waals surface area contributed by atoms with Crippen LogP contribution in [-0.2, 0) is 6.42 Å².